The van der Waals surface area contributed by atoms with Gasteiger partial charge in [0.2, 0.25) is 0 Å². The number of rotatable bonds is 10. The molecule has 1 N–H and O–H groups in total. The highest BCUT2D eigenvalue weighted by molar-refractivity contribution is 5.07. The topological polar surface area (TPSA) is 20.2 Å². The van der Waals surface area contributed by atoms with E-state index in [-0.39, 0.29) is 6.61 Å². The molecular weight excluding hydrogens is 256 g/mol. The fraction of sp³-hybridized carbons (Fsp3) is 0.600. The van der Waals surface area contributed by atoms with Crippen molar-refractivity contribution < 1.29 is 5.11 Å². The van der Waals surface area contributed by atoms with Crippen molar-refractivity contribution in [2.75, 3.05) is 6.61 Å². The fourth-order valence-electron chi connectivity index (χ4n) is 2.10. The fourth-order valence-corrected chi connectivity index (χ4v) is 2.10. The number of hydrogen-bond donors (Lipinski definition) is 1. The number of aliphatic hydroxyl groups excluding tert-OH is 1. The van der Waals surface area contributed by atoms with Gasteiger partial charge in [0.25, 0.3) is 0 Å². The molecule has 21 heavy (non-hydrogen) atoms. The van der Waals surface area contributed by atoms with Crippen LogP contribution >= 0.6 is 0 Å². The minimum absolute atomic E-state index is 0.194. The van der Waals surface area contributed by atoms with Crippen molar-refractivity contribution in [3.8, 4) is 0 Å². The van der Waals surface area contributed by atoms with Crippen molar-refractivity contribution in [3.63, 3.8) is 0 Å². The van der Waals surface area contributed by atoms with Crippen LogP contribution in [0.25, 0.3) is 0 Å². The molecule has 0 unspecified atom stereocenters. The molecule has 0 heterocycles. The molecule has 0 aromatic heterocycles. The summed E-state index contributed by atoms with van der Waals surface area (Å²) in [7, 11) is 0. The summed E-state index contributed by atoms with van der Waals surface area (Å²) in [6.07, 6.45) is 15.5. The van der Waals surface area contributed by atoms with Crippen LogP contribution in [0.4, 0.5) is 0 Å². The minimum Gasteiger partial charge on any atom is -0.392 e. The first kappa shape index (κ1) is 19.9. The number of hydrogen-bond acceptors (Lipinski definition) is 1. The molecule has 0 aromatic rings. The molecule has 0 amide bonds. The zero-order chi connectivity index (χ0) is 16.1. The molecule has 0 saturated carbocycles. The lowest BCUT2D eigenvalue weighted by Crippen LogP contribution is -1.90. The van der Waals surface area contributed by atoms with Gasteiger partial charge in [0, 0.05) is 0 Å². The molecule has 1 nitrogen and oxygen atoms in total. The van der Waals surface area contributed by atoms with Crippen LogP contribution in [0.3, 0.4) is 0 Å². The highest BCUT2D eigenvalue weighted by Gasteiger charge is 1.94. The first-order chi connectivity index (χ1) is 9.95. The average molecular weight is 290 g/mol. The van der Waals surface area contributed by atoms with Gasteiger partial charge in [-0.25, -0.2) is 0 Å². The summed E-state index contributed by atoms with van der Waals surface area (Å²) in [5.41, 5.74) is 5.39. The van der Waals surface area contributed by atoms with Crippen LogP contribution in [-0.4, -0.2) is 11.7 Å². The van der Waals surface area contributed by atoms with Crippen molar-refractivity contribution in [1.29, 1.82) is 0 Å². The summed E-state index contributed by atoms with van der Waals surface area (Å²) in [6.45, 7) is 10.9. The number of aliphatic hydroxyl groups is 1. The molecule has 0 aliphatic carbocycles. The Bertz CT molecular complexity index is 386. The van der Waals surface area contributed by atoms with Gasteiger partial charge in [0.15, 0.2) is 0 Å². The van der Waals surface area contributed by atoms with Crippen molar-refractivity contribution in [1.82, 2.24) is 0 Å². The maximum atomic E-state index is 9.36. The highest BCUT2D eigenvalue weighted by atomic mass is 16.3. The van der Waals surface area contributed by atoms with Crippen molar-refractivity contribution in [2.24, 2.45) is 0 Å². The lowest BCUT2D eigenvalue weighted by atomic mass is 10.1. The van der Waals surface area contributed by atoms with E-state index in [2.05, 4.69) is 58.9 Å². The summed E-state index contributed by atoms with van der Waals surface area (Å²) >= 11 is 0. The predicted molar refractivity (Wildman–Crippen MR) is 95.5 cm³/mol. The van der Waals surface area contributed by atoms with Gasteiger partial charge in [-0.1, -0.05) is 41.0 Å². The summed E-state index contributed by atoms with van der Waals surface area (Å²) in [6, 6.07) is 0. The van der Waals surface area contributed by atoms with E-state index in [9.17, 15) is 5.11 Å². The standard InChI is InChI=1S/C20H34O/c1-17(2)10-8-13-19(5)12-6-7-14-20(16-21)15-9-11-18(3)4/h10-12,14,21H,6-9,13,15-16H2,1-5H3/b19-12+,20-14-. The Kier molecular flexibility index (Phi) is 12.0. The Morgan fingerprint density at radius 1 is 0.667 bits per heavy atom. The zero-order valence-electron chi connectivity index (χ0n) is 14.7. The average Bonchev–Trinajstić information content (AvgIpc) is 2.40. The molecule has 0 aliphatic rings. The summed E-state index contributed by atoms with van der Waals surface area (Å²) in [5.74, 6) is 0. The molecule has 0 aromatic carbocycles. The van der Waals surface area contributed by atoms with E-state index in [1.54, 1.807) is 0 Å². The molecule has 0 radical (unpaired) electrons. The zero-order valence-corrected chi connectivity index (χ0v) is 14.7. The second-order valence-corrected chi connectivity index (χ2v) is 6.29. The van der Waals surface area contributed by atoms with Crippen LogP contribution < -0.4 is 0 Å². The van der Waals surface area contributed by atoms with E-state index in [4.69, 9.17) is 0 Å². The Balaban J connectivity index is 4.04. The second kappa shape index (κ2) is 12.6. The van der Waals surface area contributed by atoms with Crippen LogP contribution in [0.15, 0.2) is 46.6 Å². The van der Waals surface area contributed by atoms with E-state index in [0.29, 0.717) is 0 Å². The van der Waals surface area contributed by atoms with Crippen LogP contribution in [0.1, 0.15) is 73.1 Å². The third kappa shape index (κ3) is 13.7. The van der Waals surface area contributed by atoms with Crippen LogP contribution in [0.2, 0.25) is 0 Å². The molecular formula is C20H34O. The third-order valence-corrected chi connectivity index (χ3v) is 3.40. The predicted octanol–water partition coefficient (Wildman–Crippen LogP) is 6.12. The Labute approximate surface area is 132 Å². The van der Waals surface area contributed by atoms with E-state index >= 15 is 0 Å². The van der Waals surface area contributed by atoms with Crippen molar-refractivity contribution in [2.45, 2.75) is 73.1 Å². The largest absolute Gasteiger partial charge is 0.392 e. The third-order valence-electron chi connectivity index (χ3n) is 3.40. The second-order valence-electron chi connectivity index (χ2n) is 6.29. The quantitative estimate of drug-likeness (QED) is 0.379. The maximum absolute atomic E-state index is 9.36. The van der Waals surface area contributed by atoms with Gasteiger partial charge in [-0.15, -0.1) is 0 Å². The lowest BCUT2D eigenvalue weighted by Gasteiger charge is -2.03. The first-order valence-electron chi connectivity index (χ1n) is 8.16. The van der Waals surface area contributed by atoms with Gasteiger partial charge in [-0.05, 0) is 78.7 Å². The van der Waals surface area contributed by atoms with E-state index in [1.807, 2.05) is 0 Å². The monoisotopic (exact) mass is 290 g/mol. The maximum Gasteiger partial charge on any atom is 0.0641 e. The molecule has 1 heteroatoms. The number of allylic oxidation sites excluding steroid dienone is 7. The molecule has 120 valence electrons. The number of unbranched alkanes of at least 4 members (excludes halogenated alkanes) is 1. The van der Waals surface area contributed by atoms with E-state index in [0.717, 1.165) is 38.5 Å². The van der Waals surface area contributed by atoms with Crippen LogP contribution in [0, 0.1) is 0 Å². The Morgan fingerprint density at radius 2 is 1.19 bits per heavy atom. The van der Waals surface area contributed by atoms with Gasteiger partial charge in [-0.3, -0.25) is 0 Å². The molecule has 0 saturated heterocycles. The van der Waals surface area contributed by atoms with Crippen molar-refractivity contribution in [3.05, 3.63) is 46.6 Å². The first-order valence-corrected chi connectivity index (χ1v) is 8.16. The summed E-state index contributed by atoms with van der Waals surface area (Å²) < 4.78 is 0. The molecule has 0 fully saturated rings. The smallest absolute Gasteiger partial charge is 0.0641 e. The lowest BCUT2D eigenvalue weighted by molar-refractivity contribution is 0.326. The SMILES string of the molecule is CC(C)=CCC/C(=C/CC/C=C(\C)CCC=C(C)C)CO. The Morgan fingerprint density at radius 3 is 1.71 bits per heavy atom. The molecule has 0 bridgehead atoms. The van der Waals surface area contributed by atoms with Crippen molar-refractivity contribution >= 4 is 0 Å². The molecule has 0 spiro atoms. The Hall–Kier alpha value is -1.08. The summed E-state index contributed by atoms with van der Waals surface area (Å²) in [4.78, 5) is 0. The molecule has 0 atom stereocenters. The molecule has 0 rings (SSSR count). The van der Waals surface area contributed by atoms with Gasteiger partial charge in [0.1, 0.15) is 0 Å². The van der Waals surface area contributed by atoms with Gasteiger partial charge >= 0.3 is 0 Å². The van der Waals surface area contributed by atoms with Gasteiger partial charge < -0.3 is 5.11 Å². The molecule has 0 aliphatic heterocycles. The van der Waals surface area contributed by atoms with Gasteiger partial charge in [-0.2, -0.15) is 0 Å². The minimum atomic E-state index is 0.194. The normalized spacial score (nSPS) is 12.3. The van der Waals surface area contributed by atoms with E-state index < -0.39 is 0 Å². The van der Waals surface area contributed by atoms with Crippen LogP contribution in [-0.2, 0) is 0 Å². The van der Waals surface area contributed by atoms with E-state index in [1.165, 1.54) is 22.3 Å². The van der Waals surface area contributed by atoms with Crippen LogP contribution in [0.5, 0.6) is 0 Å². The highest BCUT2D eigenvalue weighted by Crippen LogP contribution is 2.11. The summed E-state index contributed by atoms with van der Waals surface area (Å²) in [5, 5.41) is 9.36. The van der Waals surface area contributed by atoms with Gasteiger partial charge in [0.05, 0.1) is 6.61 Å².